The van der Waals surface area contributed by atoms with Crippen molar-refractivity contribution in [2.75, 3.05) is 31.1 Å². The van der Waals surface area contributed by atoms with Crippen LogP contribution in [0.1, 0.15) is 24.0 Å². The molecule has 0 spiro atoms. The van der Waals surface area contributed by atoms with Gasteiger partial charge < -0.3 is 19.6 Å². The predicted molar refractivity (Wildman–Crippen MR) is 94.9 cm³/mol. The average Bonchev–Trinajstić information content (AvgIpc) is 2.98. The highest BCUT2D eigenvalue weighted by molar-refractivity contribution is 6.01. The molecule has 2 aliphatic rings. The summed E-state index contributed by atoms with van der Waals surface area (Å²) in [7, 11) is 0. The number of aliphatic carboxylic acids is 1. The highest BCUT2D eigenvalue weighted by Gasteiger charge is 2.39. The van der Waals surface area contributed by atoms with Crippen LogP contribution in [0, 0.1) is 19.8 Å². The molecule has 2 saturated heterocycles. The van der Waals surface area contributed by atoms with Crippen molar-refractivity contribution < 1.29 is 24.2 Å². The molecule has 2 amide bonds. The number of amides is 2. The fourth-order valence-electron chi connectivity index (χ4n) is 3.63. The van der Waals surface area contributed by atoms with E-state index in [4.69, 9.17) is 9.84 Å². The summed E-state index contributed by atoms with van der Waals surface area (Å²) in [4.78, 5) is 39.6. The summed E-state index contributed by atoms with van der Waals surface area (Å²) >= 11 is 0. The Bertz CT molecular complexity index is 733. The van der Waals surface area contributed by atoms with Crippen molar-refractivity contribution in [3.05, 3.63) is 29.3 Å². The number of carbonyl (C=O) groups is 3. The van der Waals surface area contributed by atoms with Gasteiger partial charge in [0.25, 0.3) is 0 Å². The molecule has 2 aliphatic heterocycles. The van der Waals surface area contributed by atoms with Crippen LogP contribution in [0.15, 0.2) is 18.2 Å². The second-order valence-electron chi connectivity index (χ2n) is 7.00. The first kappa shape index (κ1) is 18.4. The Hall–Kier alpha value is -2.41. The third-order valence-corrected chi connectivity index (χ3v) is 5.19. The van der Waals surface area contributed by atoms with E-state index >= 15 is 0 Å². The summed E-state index contributed by atoms with van der Waals surface area (Å²) in [5, 5.41) is 8.91. The molecule has 0 saturated carbocycles. The number of carboxylic acid groups (broad SMARTS) is 1. The quantitative estimate of drug-likeness (QED) is 0.876. The standard InChI is InChI=1S/C19H24N2O5/c1-12-4-3-5-16(13(12)2)21-10-14(8-17(21)22)19(25)20-6-7-26-15(11-20)9-18(23)24/h3-5,14-15H,6-11H2,1-2H3,(H,23,24)/t14-,15+/m0/s1. The van der Waals surface area contributed by atoms with Gasteiger partial charge in [0.05, 0.1) is 25.0 Å². The van der Waals surface area contributed by atoms with Crippen molar-refractivity contribution in [3.63, 3.8) is 0 Å². The first-order valence-corrected chi connectivity index (χ1v) is 8.85. The minimum Gasteiger partial charge on any atom is -0.481 e. The molecule has 3 rings (SSSR count). The van der Waals surface area contributed by atoms with E-state index in [2.05, 4.69) is 0 Å². The average molecular weight is 360 g/mol. The highest BCUT2D eigenvalue weighted by atomic mass is 16.5. The summed E-state index contributed by atoms with van der Waals surface area (Å²) in [6.45, 7) is 5.36. The molecule has 0 radical (unpaired) electrons. The Kier molecular flexibility index (Phi) is 5.27. The lowest BCUT2D eigenvalue weighted by Crippen LogP contribution is -2.48. The van der Waals surface area contributed by atoms with Gasteiger partial charge in [-0.3, -0.25) is 14.4 Å². The Morgan fingerprint density at radius 1 is 1.27 bits per heavy atom. The van der Waals surface area contributed by atoms with Crippen LogP contribution in [0.5, 0.6) is 0 Å². The fourth-order valence-corrected chi connectivity index (χ4v) is 3.63. The second kappa shape index (κ2) is 7.45. The zero-order valence-electron chi connectivity index (χ0n) is 15.1. The predicted octanol–water partition coefficient (Wildman–Crippen LogP) is 1.36. The minimum absolute atomic E-state index is 0.0487. The summed E-state index contributed by atoms with van der Waals surface area (Å²) in [5.41, 5.74) is 3.01. The minimum atomic E-state index is -0.943. The van der Waals surface area contributed by atoms with Gasteiger partial charge in [-0.25, -0.2) is 0 Å². The summed E-state index contributed by atoms with van der Waals surface area (Å²) in [5.74, 6) is -1.48. The smallest absolute Gasteiger partial charge is 0.306 e. The molecular weight excluding hydrogens is 336 g/mol. The number of rotatable bonds is 4. The van der Waals surface area contributed by atoms with Gasteiger partial charge in [-0.15, -0.1) is 0 Å². The van der Waals surface area contributed by atoms with Crippen LogP contribution >= 0.6 is 0 Å². The fraction of sp³-hybridized carbons (Fsp3) is 0.526. The molecule has 2 heterocycles. The molecule has 26 heavy (non-hydrogen) atoms. The van der Waals surface area contributed by atoms with Crippen LogP contribution in [-0.2, 0) is 19.1 Å². The van der Waals surface area contributed by atoms with E-state index in [1.807, 2.05) is 32.0 Å². The van der Waals surface area contributed by atoms with Crippen molar-refractivity contribution in [2.45, 2.75) is 32.8 Å². The Morgan fingerprint density at radius 3 is 2.77 bits per heavy atom. The zero-order valence-corrected chi connectivity index (χ0v) is 15.1. The molecule has 2 fully saturated rings. The summed E-state index contributed by atoms with van der Waals surface area (Å²) in [6.07, 6.45) is -0.424. The molecule has 7 nitrogen and oxygen atoms in total. The van der Waals surface area contributed by atoms with E-state index in [-0.39, 0.29) is 31.2 Å². The molecule has 1 aromatic carbocycles. The van der Waals surface area contributed by atoms with Gasteiger partial charge in [0, 0.05) is 31.7 Å². The van der Waals surface area contributed by atoms with Gasteiger partial charge >= 0.3 is 5.97 Å². The number of ether oxygens (including phenoxy) is 1. The Morgan fingerprint density at radius 2 is 2.04 bits per heavy atom. The molecular formula is C19H24N2O5. The second-order valence-corrected chi connectivity index (χ2v) is 7.00. The van der Waals surface area contributed by atoms with Crippen molar-refractivity contribution in [1.29, 1.82) is 0 Å². The van der Waals surface area contributed by atoms with E-state index < -0.39 is 18.0 Å². The molecule has 0 aliphatic carbocycles. The van der Waals surface area contributed by atoms with E-state index in [1.54, 1.807) is 9.80 Å². The first-order chi connectivity index (χ1) is 12.4. The van der Waals surface area contributed by atoms with Crippen molar-refractivity contribution in [2.24, 2.45) is 5.92 Å². The first-order valence-electron chi connectivity index (χ1n) is 8.85. The third kappa shape index (κ3) is 3.72. The lowest BCUT2D eigenvalue weighted by Gasteiger charge is -2.33. The van der Waals surface area contributed by atoms with E-state index in [0.29, 0.717) is 19.7 Å². The van der Waals surface area contributed by atoms with E-state index in [1.165, 1.54) is 0 Å². The molecule has 7 heteroatoms. The number of benzene rings is 1. The number of morpholine rings is 1. The maximum absolute atomic E-state index is 12.9. The zero-order chi connectivity index (χ0) is 18.8. The van der Waals surface area contributed by atoms with Gasteiger partial charge in [-0.05, 0) is 31.0 Å². The van der Waals surface area contributed by atoms with Crippen molar-refractivity contribution in [3.8, 4) is 0 Å². The van der Waals surface area contributed by atoms with Crippen LogP contribution in [0.2, 0.25) is 0 Å². The number of carboxylic acids is 1. The molecule has 0 aromatic heterocycles. The molecule has 0 unspecified atom stereocenters. The monoisotopic (exact) mass is 360 g/mol. The molecule has 0 bridgehead atoms. The topological polar surface area (TPSA) is 87.2 Å². The summed E-state index contributed by atoms with van der Waals surface area (Å²) in [6, 6.07) is 5.82. The summed E-state index contributed by atoms with van der Waals surface area (Å²) < 4.78 is 5.42. The van der Waals surface area contributed by atoms with Crippen LogP contribution in [0.25, 0.3) is 0 Å². The van der Waals surface area contributed by atoms with Crippen molar-refractivity contribution in [1.82, 2.24) is 4.90 Å². The number of nitrogens with zero attached hydrogens (tertiary/aromatic N) is 2. The molecule has 2 atom stereocenters. The van der Waals surface area contributed by atoms with Crippen molar-refractivity contribution >= 4 is 23.5 Å². The lowest BCUT2D eigenvalue weighted by atomic mass is 10.1. The maximum atomic E-state index is 12.9. The van der Waals surface area contributed by atoms with Gasteiger partial charge in [0.2, 0.25) is 11.8 Å². The number of hydrogen-bond acceptors (Lipinski definition) is 4. The van der Waals surface area contributed by atoms with E-state index in [0.717, 1.165) is 16.8 Å². The van der Waals surface area contributed by atoms with Gasteiger partial charge in [-0.2, -0.15) is 0 Å². The number of carbonyl (C=O) groups excluding carboxylic acids is 2. The van der Waals surface area contributed by atoms with E-state index in [9.17, 15) is 14.4 Å². The maximum Gasteiger partial charge on any atom is 0.306 e. The largest absolute Gasteiger partial charge is 0.481 e. The SMILES string of the molecule is Cc1cccc(N2C[C@@H](C(=O)N3CCO[C@H](CC(=O)O)C3)CC2=O)c1C. The Balaban J connectivity index is 1.69. The van der Waals surface area contributed by atoms with Gasteiger partial charge in [0.1, 0.15) is 0 Å². The van der Waals surface area contributed by atoms with Crippen LogP contribution in [0.3, 0.4) is 0 Å². The lowest BCUT2D eigenvalue weighted by molar-refractivity contribution is -0.149. The van der Waals surface area contributed by atoms with Gasteiger partial charge in [-0.1, -0.05) is 12.1 Å². The Labute approximate surface area is 152 Å². The third-order valence-electron chi connectivity index (χ3n) is 5.19. The molecule has 1 N–H and O–H groups in total. The van der Waals surface area contributed by atoms with Crippen LogP contribution in [0.4, 0.5) is 5.69 Å². The van der Waals surface area contributed by atoms with Crippen LogP contribution in [-0.4, -0.2) is 60.1 Å². The number of hydrogen-bond donors (Lipinski definition) is 1. The number of aryl methyl sites for hydroxylation is 1. The highest BCUT2D eigenvalue weighted by Crippen LogP contribution is 2.30. The van der Waals surface area contributed by atoms with Crippen LogP contribution < -0.4 is 4.90 Å². The van der Waals surface area contributed by atoms with Gasteiger partial charge in [0.15, 0.2) is 0 Å². The normalized spacial score (nSPS) is 23.4. The molecule has 140 valence electrons. The number of anilines is 1. The molecule has 1 aromatic rings.